The maximum Gasteiger partial charge on any atom is 0.168 e. The number of nitrogens with zero attached hydrogens (tertiary/aromatic N) is 1. The van der Waals surface area contributed by atoms with Gasteiger partial charge in [-0.3, -0.25) is 9.79 Å². The van der Waals surface area contributed by atoms with Crippen molar-refractivity contribution in [1.82, 2.24) is 0 Å². The fourth-order valence-corrected chi connectivity index (χ4v) is 3.46. The number of rotatable bonds is 5. The van der Waals surface area contributed by atoms with Crippen LogP contribution in [-0.4, -0.2) is 55.9 Å². The van der Waals surface area contributed by atoms with E-state index in [-0.39, 0.29) is 17.0 Å². The lowest BCUT2D eigenvalue weighted by molar-refractivity contribution is -0.945. The molecule has 124 valence electrons. The molecule has 2 rings (SSSR count). The molecular weight excluding hydrogens is 278 g/mol. The van der Waals surface area contributed by atoms with E-state index >= 15 is 0 Å². The molecule has 0 unspecified atom stereocenters. The molecule has 0 bridgehead atoms. The number of aliphatic imine (C=N–C) groups is 1. The predicted molar refractivity (Wildman–Crippen MR) is 87.5 cm³/mol. The van der Waals surface area contributed by atoms with Crippen molar-refractivity contribution in [3.63, 3.8) is 0 Å². The van der Waals surface area contributed by atoms with Crippen LogP contribution in [0.3, 0.4) is 0 Å². The Morgan fingerprint density at radius 1 is 1.32 bits per heavy atom. The first-order valence-corrected chi connectivity index (χ1v) is 8.57. The van der Waals surface area contributed by atoms with Gasteiger partial charge in [0.25, 0.3) is 0 Å². The summed E-state index contributed by atoms with van der Waals surface area (Å²) in [6.07, 6.45) is 1.77. The van der Waals surface area contributed by atoms with Gasteiger partial charge in [0.15, 0.2) is 5.78 Å². The number of Topliss-reactive ketones (excluding diaryl/α,β-unsaturated/α-hetero) is 1. The van der Waals surface area contributed by atoms with E-state index in [0.717, 1.165) is 18.8 Å². The number of aliphatic hydroxyl groups is 1. The first kappa shape index (κ1) is 17.2. The highest BCUT2D eigenvalue weighted by Crippen LogP contribution is 2.36. The Bertz CT molecular complexity index is 474. The summed E-state index contributed by atoms with van der Waals surface area (Å²) in [5.74, 6) is 0.288. The molecule has 1 aliphatic heterocycles. The van der Waals surface area contributed by atoms with Crippen LogP contribution < -0.4 is 10.2 Å². The summed E-state index contributed by atoms with van der Waals surface area (Å²) < 4.78 is 0. The third-order valence-corrected chi connectivity index (χ3v) is 4.65. The number of piperazine rings is 1. The van der Waals surface area contributed by atoms with E-state index in [4.69, 9.17) is 0 Å². The van der Waals surface area contributed by atoms with E-state index < -0.39 is 0 Å². The van der Waals surface area contributed by atoms with E-state index in [9.17, 15) is 9.90 Å². The lowest BCUT2D eigenvalue weighted by atomic mass is 9.75. The Morgan fingerprint density at radius 2 is 2.00 bits per heavy atom. The zero-order chi connectivity index (χ0) is 16.2. The number of carbonyl (C=O) groups is 1. The second-order valence-electron chi connectivity index (χ2n) is 7.31. The normalized spacial score (nSPS) is 24.0. The maximum atomic E-state index is 12.4. The van der Waals surface area contributed by atoms with Crippen LogP contribution in [0.4, 0.5) is 0 Å². The average Bonchev–Trinajstić information content (AvgIpc) is 2.44. The molecule has 0 aromatic heterocycles. The van der Waals surface area contributed by atoms with Gasteiger partial charge in [0.2, 0.25) is 0 Å². The summed E-state index contributed by atoms with van der Waals surface area (Å²) in [6.45, 7) is 12.6. The molecule has 1 heterocycles. The Kier molecular flexibility index (Phi) is 5.75. The van der Waals surface area contributed by atoms with Crippen molar-refractivity contribution in [3.05, 3.63) is 11.3 Å². The largest absolute Gasteiger partial charge is 0.511 e. The Morgan fingerprint density at radius 3 is 2.59 bits per heavy atom. The van der Waals surface area contributed by atoms with Crippen LogP contribution in [0.15, 0.2) is 16.3 Å². The molecule has 0 radical (unpaired) electrons. The molecule has 5 nitrogen and oxygen atoms in total. The molecular formula is C17H31N3O2+2. The topological polar surface area (TPSA) is 70.7 Å². The number of allylic oxidation sites excluding steroid dienone is 2. The van der Waals surface area contributed by atoms with Crippen molar-refractivity contribution in [2.45, 2.75) is 40.0 Å². The Balaban J connectivity index is 2.03. The van der Waals surface area contributed by atoms with Gasteiger partial charge in [-0.05, 0) is 11.8 Å². The number of ketones is 1. The molecule has 0 saturated carbocycles. The van der Waals surface area contributed by atoms with Gasteiger partial charge < -0.3 is 15.3 Å². The van der Waals surface area contributed by atoms with Crippen LogP contribution in [-0.2, 0) is 4.79 Å². The highest BCUT2D eigenvalue weighted by Gasteiger charge is 2.34. The van der Waals surface area contributed by atoms with Gasteiger partial charge in [-0.2, -0.15) is 0 Å². The maximum absolute atomic E-state index is 12.4. The minimum atomic E-state index is -0.141. The number of nitrogens with two attached hydrogens (primary N) is 1. The zero-order valence-corrected chi connectivity index (χ0v) is 14.2. The van der Waals surface area contributed by atoms with Crippen LogP contribution >= 0.6 is 0 Å². The van der Waals surface area contributed by atoms with Crippen molar-refractivity contribution in [2.75, 3.05) is 39.3 Å². The minimum Gasteiger partial charge on any atom is -0.511 e. The van der Waals surface area contributed by atoms with Gasteiger partial charge in [-0.1, -0.05) is 20.8 Å². The number of nitrogens with one attached hydrogen (secondary N) is 1. The number of hydrogen-bond donors (Lipinski definition) is 3. The third-order valence-electron chi connectivity index (χ3n) is 4.65. The summed E-state index contributed by atoms with van der Waals surface area (Å²) in [4.78, 5) is 18.6. The highest BCUT2D eigenvalue weighted by atomic mass is 16.3. The SMILES string of the molecule is CCC(=NCC[NH+]1CC[NH2+]CC1)C1=C(O)CC(C)(C)CC1=O. The van der Waals surface area contributed by atoms with Crippen LogP contribution in [0.5, 0.6) is 0 Å². The van der Waals surface area contributed by atoms with E-state index in [1.807, 2.05) is 20.8 Å². The van der Waals surface area contributed by atoms with Crippen molar-refractivity contribution < 1.29 is 20.1 Å². The zero-order valence-electron chi connectivity index (χ0n) is 14.2. The van der Waals surface area contributed by atoms with E-state index in [2.05, 4.69) is 10.3 Å². The minimum absolute atomic E-state index is 0.0502. The van der Waals surface area contributed by atoms with Crippen molar-refractivity contribution in [3.8, 4) is 0 Å². The van der Waals surface area contributed by atoms with Crippen molar-refractivity contribution in [2.24, 2.45) is 10.4 Å². The number of carbonyl (C=O) groups excluding carboxylic acids is 1. The smallest absolute Gasteiger partial charge is 0.168 e. The molecule has 4 N–H and O–H groups in total. The molecule has 0 amide bonds. The van der Waals surface area contributed by atoms with Gasteiger partial charge in [0, 0.05) is 18.6 Å². The first-order valence-electron chi connectivity index (χ1n) is 8.57. The molecule has 1 saturated heterocycles. The molecule has 0 aromatic carbocycles. The summed E-state index contributed by atoms with van der Waals surface area (Å²) in [5, 5.41) is 12.6. The summed E-state index contributed by atoms with van der Waals surface area (Å²) >= 11 is 0. The second-order valence-corrected chi connectivity index (χ2v) is 7.31. The highest BCUT2D eigenvalue weighted by molar-refractivity contribution is 6.23. The lowest BCUT2D eigenvalue weighted by Gasteiger charge is -2.30. The van der Waals surface area contributed by atoms with Gasteiger partial charge in [0.05, 0.1) is 18.7 Å². The number of aliphatic hydroxyl groups excluding tert-OH is 1. The predicted octanol–water partition coefficient (Wildman–Crippen LogP) is -0.499. The first-order chi connectivity index (χ1) is 10.4. The Labute approximate surface area is 133 Å². The van der Waals surface area contributed by atoms with Crippen LogP contribution in [0, 0.1) is 5.41 Å². The van der Waals surface area contributed by atoms with E-state index in [1.165, 1.54) is 26.2 Å². The fourth-order valence-electron chi connectivity index (χ4n) is 3.46. The Hall–Kier alpha value is -1.20. The lowest BCUT2D eigenvalue weighted by Crippen LogP contribution is -3.20. The molecule has 1 fully saturated rings. The molecule has 5 heteroatoms. The van der Waals surface area contributed by atoms with Crippen molar-refractivity contribution >= 4 is 11.5 Å². The molecule has 2 aliphatic rings. The van der Waals surface area contributed by atoms with Crippen LogP contribution in [0.1, 0.15) is 40.0 Å². The summed E-state index contributed by atoms with van der Waals surface area (Å²) in [6, 6.07) is 0. The molecule has 22 heavy (non-hydrogen) atoms. The molecule has 0 aromatic rings. The van der Waals surface area contributed by atoms with Gasteiger partial charge in [0.1, 0.15) is 31.9 Å². The fraction of sp³-hybridized carbons (Fsp3) is 0.765. The molecule has 0 spiro atoms. The van der Waals surface area contributed by atoms with E-state index in [0.29, 0.717) is 24.8 Å². The number of quaternary nitrogens is 2. The number of hydrogen-bond acceptors (Lipinski definition) is 3. The molecule has 0 atom stereocenters. The monoisotopic (exact) mass is 309 g/mol. The van der Waals surface area contributed by atoms with Crippen LogP contribution in [0.2, 0.25) is 0 Å². The van der Waals surface area contributed by atoms with E-state index in [1.54, 1.807) is 4.90 Å². The van der Waals surface area contributed by atoms with Crippen molar-refractivity contribution in [1.29, 1.82) is 0 Å². The third kappa shape index (κ3) is 4.40. The van der Waals surface area contributed by atoms with Gasteiger partial charge in [-0.25, -0.2) is 0 Å². The summed E-state index contributed by atoms with van der Waals surface area (Å²) in [5.41, 5.74) is 1.16. The average molecular weight is 309 g/mol. The van der Waals surface area contributed by atoms with Gasteiger partial charge in [-0.15, -0.1) is 0 Å². The van der Waals surface area contributed by atoms with Crippen LogP contribution in [0.25, 0.3) is 0 Å². The quantitative estimate of drug-likeness (QED) is 0.599. The molecule has 1 aliphatic carbocycles. The standard InChI is InChI=1S/C17H29N3O2/c1-4-13(19-7-10-20-8-5-18-6-9-20)16-14(21)11-17(2,3)12-15(16)22/h18,21H,4-12H2,1-3H3/p+2. The second kappa shape index (κ2) is 7.38. The summed E-state index contributed by atoms with van der Waals surface area (Å²) in [7, 11) is 0. The van der Waals surface area contributed by atoms with Gasteiger partial charge >= 0.3 is 0 Å².